The van der Waals surface area contributed by atoms with Gasteiger partial charge < -0.3 is 14.4 Å². The van der Waals surface area contributed by atoms with Gasteiger partial charge in [0.1, 0.15) is 5.60 Å². The van der Waals surface area contributed by atoms with Gasteiger partial charge in [-0.3, -0.25) is 0 Å². The molecule has 8 heteroatoms. The summed E-state index contributed by atoms with van der Waals surface area (Å²) in [6, 6.07) is 9.09. The summed E-state index contributed by atoms with van der Waals surface area (Å²) in [6.07, 6.45) is 1.84. The zero-order valence-electron chi connectivity index (χ0n) is 18.7. The van der Waals surface area contributed by atoms with Gasteiger partial charge in [-0.2, -0.15) is 4.31 Å². The van der Waals surface area contributed by atoms with Crippen molar-refractivity contribution in [3.05, 3.63) is 60.5 Å². The van der Waals surface area contributed by atoms with E-state index in [1.165, 1.54) is 4.31 Å². The molecule has 1 saturated heterocycles. The summed E-state index contributed by atoms with van der Waals surface area (Å²) in [7, 11) is -3.72. The molecule has 0 aromatic heterocycles. The number of carbonyl (C=O) groups is 1. The first kappa shape index (κ1) is 25.1. The predicted octanol–water partition coefficient (Wildman–Crippen LogP) is 3.79. The number of allylic oxidation sites excluding steroid dienone is 1. The van der Waals surface area contributed by atoms with Gasteiger partial charge in [0.05, 0.1) is 19.3 Å². The maximum absolute atomic E-state index is 12.8. The topological polar surface area (TPSA) is 76.2 Å². The maximum Gasteiger partial charge on any atom is 0.410 e. The van der Waals surface area contributed by atoms with E-state index in [2.05, 4.69) is 13.2 Å². The number of rotatable bonds is 8. The zero-order valence-corrected chi connectivity index (χ0v) is 19.5. The third kappa shape index (κ3) is 7.79. The molecule has 31 heavy (non-hydrogen) atoms. The number of sulfonamides is 1. The van der Waals surface area contributed by atoms with Gasteiger partial charge in [0.2, 0.25) is 10.0 Å². The third-order valence-electron chi connectivity index (χ3n) is 4.87. The lowest BCUT2D eigenvalue weighted by atomic mass is 10.1. The first-order valence-electron chi connectivity index (χ1n) is 10.4. The molecule has 1 amide bonds. The van der Waals surface area contributed by atoms with Crippen LogP contribution in [0.4, 0.5) is 4.79 Å². The van der Waals surface area contributed by atoms with E-state index in [1.54, 1.807) is 31.7 Å². The van der Waals surface area contributed by atoms with Crippen LogP contribution in [0.1, 0.15) is 32.8 Å². The highest BCUT2D eigenvalue weighted by Gasteiger charge is 2.38. The molecule has 172 valence electrons. The van der Waals surface area contributed by atoms with Crippen LogP contribution >= 0.6 is 0 Å². The Morgan fingerprint density at radius 2 is 1.84 bits per heavy atom. The van der Waals surface area contributed by atoms with Gasteiger partial charge >= 0.3 is 6.09 Å². The molecule has 1 aliphatic heterocycles. The lowest BCUT2D eigenvalue weighted by molar-refractivity contribution is 0.0178. The summed E-state index contributed by atoms with van der Waals surface area (Å²) in [6.45, 7) is 14.0. The van der Waals surface area contributed by atoms with Gasteiger partial charge in [-0.15, -0.1) is 6.58 Å². The molecule has 0 bridgehead atoms. The normalized spacial score (nSPS) is 20.7. The van der Waals surface area contributed by atoms with E-state index in [0.29, 0.717) is 19.6 Å². The van der Waals surface area contributed by atoms with E-state index in [9.17, 15) is 13.2 Å². The van der Waals surface area contributed by atoms with Crippen molar-refractivity contribution in [2.75, 3.05) is 26.2 Å². The van der Waals surface area contributed by atoms with Gasteiger partial charge in [0, 0.05) is 25.0 Å². The molecule has 0 N–H and O–H groups in total. The first-order valence-corrected chi connectivity index (χ1v) is 11.9. The Labute approximate surface area is 186 Å². The lowest BCUT2D eigenvalue weighted by Gasteiger charge is -2.31. The largest absolute Gasteiger partial charge is 0.444 e. The van der Waals surface area contributed by atoms with Gasteiger partial charge in [0.25, 0.3) is 0 Å². The number of amides is 1. The van der Waals surface area contributed by atoms with Crippen molar-refractivity contribution in [2.24, 2.45) is 5.92 Å². The van der Waals surface area contributed by atoms with Crippen molar-refractivity contribution in [1.29, 1.82) is 0 Å². The number of hydrogen-bond acceptors (Lipinski definition) is 5. The van der Waals surface area contributed by atoms with Crippen LogP contribution in [0.5, 0.6) is 0 Å². The second-order valence-corrected chi connectivity index (χ2v) is 10.5. The van der Waals surface area contributed by atoms with Crippen molar-refractivity contribution in [3.8, 4) is 0 Å². The molecule has 7 nitrogen and oxygen atoms in total. The van der Waals surface area contributed by atoms with E-state index in [0.717, 1.165) is 11.0 Å². The van der Waals surface area contributed by atoms with Crippen LogP contribution in [0.15, 0.2) is 55.0 Å². The highest BCUT2D eigenvalue weighted by Crippen LogP contribution is 2.23. The number of carbonyl (C=O) groups excluding carboxylic acids is 1. The van der Waals surface area contributed by atoms with E-state index < -0.39 is 27.8 Å². The average Bonchev–Trinajstić information content (AvgIpc) is 2.88. The number of hydrogen-bond donors (Lipinski definition) is 0. The molecule has 1 fully saturated rings. The minimum absolute atomic E-state index is 0.112. The average molecular weight is 451 g/mol. The lowest BCUT2D eigenvalue weighted by Crippen LogP contribution is -2.48. The molecule has 0 radical (unpaired) electrons. The summed E-state index contributed by atoms with van der Waals surface area (Å²) in [5.74, 6) is -0.112. The molecule has 2 unspecified atom stereocenters. The van der Waals surface area contributed by atoms with Gasteiger partial charge in [-0.1, -0.05) is 43.0 Å². The second-order valence-electron chi connectivity index (χ2n) is 8.71. The first-order chi connectivity index (χ1) is 14.6. The smallest absolute Gasteiger partial charge is 0.410 e. The Balaban J connectivity index is 2.26. The fraction of sp³-hybridized carbons (Fsp3) is 0.522. The van der Waals surface area contributed by atoms with E-state index in [-0.39, 0.29) is 25.6 Å². The molecule has 0 saturated carbocycles. The quantitative estimate of drug-likeness (QED) is 0.563. The third-order valence-corrected chi connectivity index (χ3v) is 6.39. The Bertz CT molecular complexity index is 848. The van der Waals surface area contributed by atoms with Crippen molar-refractivity contribution >= 4 is 16.1 Å². The van der Waals surface area contributed by atoms with Crippen LogP contribution in [0, 0.1) is 5.92 Å². The van der Waals surface area contributed by atoms with Crippen LogP contribution < -0.4 is 0 Å². The number of nitrogens with zero attached hydrogens (tertiary/aromatic N) is 2. The SMILES string of the molecule is C=CCC1CN(C(=O)OC(C)(C)C)CC(COCc2ccccc2)N(S(=O)(=O)C=C)C1. The molecular formula is C23H34N2O5S. The fourth-order valence-corrected chi connectivity index (χ4v) is 4.64. The Kier molecular flexibility index (Phi) is 8.85. The van der Waals surface area contributed by atoms with Crippen molar-refractivity contribution in [3.63, 3.8) is 0 Å². The van der Waals surface area contributed by atoms with Crippen LogP contribution in [0.2, 0.25) is 0 Å². The van der Waals surface area contributed by atoms with Gasteiger partial charge in [-0.25, -0.2) is 13.2 Å². The van der Waals surface area contributed by atoms with E-state index >= 15 is 0 Å². The molecule has 1 aromatic carbocycles. The minimum Gasteiger partial charge on any atom is -0.444 e. The van der Waals surface area contributed by atoms with E-state index in [4.69, 9.17) is 9.47 Å². The van der Waals surface area contributed by atoms with Gasteiger partial charge in [0.15, 0.2) is 0 Å². The Hall–Kier alpha value is -2.16. The second kappa shape index (κ2) is 10.9. The molecule has 2 atom stereocenters. The summed E-state index contributed by atoms with van der Waals surface area (Å²) < 4.78 is 38.4. The zero-order chi connectivity index (χ0) is 23.1. The molecule has 0 spiro atoms. The van der Waals surface area contributed by atoms with Crippen LogP contribution in [-0.4, -0.2) is 61.6 Å². The van der Waals surface area contributed by atoms with Crippen molar-refractivity contribution < 1.29 is 22.7 Å². The predicted molar refractivity (Wildman–Crippen MR) is 122 cm³/mol. The van der Waals surface area contributed by atoms with E-state index in [1.807, 2.05) is 30.3 Å². The molecule has 2 rings (SSSR count). The van der Waals surface area contributed by atoms with Crippen molar-refractivity contribution in [2.45, 2.75) is 45.4 Å². The Morgan fingerprint density at radius 1 is 1.16 bits per heavy atom. The maximum atomic E-state index is 12.8. The highest BCUT2D eigenvalue weighted by molar-refractivity contribution is 7.92. The highest BCUT2D eigenvalue weighted by atomic mass is 32.2. The number of ether oxygens (including phenoxy) is 2. The fourth-order valence-electron chi connectivity index (χ4n) is 3.48. The monoisotopic (exact) mass is 450 g/mol. The molecule has 1 aromatic rings. The van der Waals surface area contributed by atoms with Crippen LogP contribution in [0.25, 0.3) is 0 Å². The Morgan fingerprint density at radius 3 is 2.42 bits per heavy atom. The summed E-state index contributed by atoms with van der Waals surface area (Å²) in [5.41, 5.74) is 0.339. The van der Waals surface area contributed by atoms with Crippen LogP contribution in [-0.2, 0) is 26.1 Å². The molecular weight excluding hydrogens is 416 g/mol. The summed E-state index contributed by atoms with van der Waals surface area (Å²) >= 11 is 0. The molecule has 1 heterocycles. The summed E-state index contributed by atoms with van der Waals surface area (Å²) in [4.78, 5) is 14.4. The molecule has 0 aliphatic carbocycles. The van der Waals surface area contributed by atoms with Crippen molar-refractivity contribution in [1.82, 2.24) is 9.21 Å². The molecule has 1 aliphatic rings. The minimum atomic E-state index is -3.72. The standard InChI is InChI=1S/C23H34N2O5S/c1-6-11-20-14-24(22(26)30-23(3,4)5)16-21(25(15-20)31(27,28)7-2)18-29-17-19-12-9-8-10-13-19/h6-10,12-13,20-21H,1-2,11,14-18H2,3-5H3. The van der Waals surface area contributed by atoms with Gasteiger partial charge in [-0.05, 0) is 38.7 Å². The number of benzene rings is 1. The van der Waals surface area contributed by atoms with Crippen LogP contribution in [0.3, 0.4) is 0 Å². The summed E-state index contributed by atoms with van der Waals surface area (Å²) in [5, 5.41) is 0.950.